The van der Waals surface area contributed by atoms with Crippen LogP contribution in [0.25, 0.3) is 56.1 Å². The van der Waals surface area contributed by atoms with Crippen molar-refractivity contribution in [3.8, 4) is 73.8 Å². The van der Waals surface area contributed by atoms with Crippen LogP contribution in [0.1, 0.15) is 95.5 Å². The molecule has 0 spiro atoms. The molecule has 0 bridgehead atoms. The Morgan fingerprint density at radius 3 is 1.35 bits per heavy atom. The number of aromatic hydroxyl groups is 1. The fraction of sp³-hybridized carbons (Fsp3) is 0.298. The summed E-state index contributed by atoms with van der Waals surface area (Å²) in [4.78, 5) is 20.0. The number of pyridine rings is 2. The van der Waals surface area contributed by atoms with Crippen molar-refractivity contribution >= 4 is 33.7 Å². The quantitative estimate of drug-likeness (QED) is 0.0501. The summed E-state index contributed by atoms with van der Waals surface area (Å²) in [5, 5.41) is 25.3. The van der Waals surface area contributed by atoms with Gasteiger partial charge in [-0.15, -0.1) is 0 Å². The molecular formula is C57H66BrK2N5O7. The number of phenols is 1. The first-order valence-corrected chi connectivity index (χ1v) is 23.0. The average molecular weight is 1100 g/mol. The monoisotopic (exact) mass is 1090 g/mol. The summed E-state index contributed by atoms with van der Waals surface area (Å²) in [5.74, 6) is 2.27. The van der Waals surface area contributed by atoms with Crippen molar-refractivity contribution in [2.75, 3.05) is 0 Å². The molecule has 1 atom stereocenters. The van der Waals surface area contributed by atoms with Crippen molar-refractivity contribution < 1.29 is 145 Å². The van der Waals surface area contributed by atoms with Crippen molar-refractivity contribution in [1.29, 1.82) is 5.26 Å². The molecule has 370 valence electrons. The molecule has 0 amide bonds. The van der Waals surface area contributed by atoms with Gasteiger partial charge in [-0.3, -0.25) is 13.6 Å². The number of imidazole rings is 2. The fourth-order valence-corrected chi connectivity index (χ4v) is 6.89. The standard InChI is InChI=1S/C27H30N2O2.C24H24N2O2.C3H7Br.C2H3N.CH2O3.2K.H/c1-18(2)30-22-11-7-20(8-12-22)24-17-29-25(16-28-26(29)15-19(24)3)21-9-13-23(14-10-21)31-27(4,5)6;1-16-13-23-25-14-22(18-7-11-20(12-8-18)28-24(2,3)4)26(23)15-21(16)17-5-9-19(27)10-6-17;1-3(2)4;1-2-3;2-1-4-3;;;/h7-18H,1-6H3;5-15,27H,1-4H3;3H,1-2H3;1H3;1,3H;;;/q;;;;;2*+1;-1/p-1/i1D3,18D;;3D;;;;;. The van der Waals surface area contributed by atoms with Gasteiger partial charge in [0.1, 0.15) is 45.5 Å². The van der Waals surface area contributed by atoms with E-state index in [2.05, 4.69) is 77.1 Å². The van der Waals surface area contributed by atoms with Crippen LogP contribution in [0.3, 0.4) is 0 Å². The van der Waals surface area contributed by atoms with Crippen molar-refractivity contribution in [2.45, 2.75) is 112 Å². The minimum absolute atomic E-state index is 0. The van der Waals surface area contributed by atoms with E-state index in [9.17, 15) is 5.11 Å². The number of aromatic nitrogens is 4. The van der Waals surface area contributed by atoms with Gasteiger partial charge in [0.25, 0.3) is 6.47 Å². The number of aryl methyl sites for hydroxylation is 2. The number of carbonyl (C=O) groups is 1. The second-order valence-corrected chi connectivity index (χ2v) is 19.6. The molecule has 4 aromatic carbocycles. The number of halogens is 1. The summed E-state index contributed by atoms with van der Waals surface area (Å²) in [6.07, 6.45) is 5.90. The second kappa shape index (κ2) is 30.5. The first kappa shape index (κ1) is 55.9. The number of hydrogen-bond donors (Lipinski definition) is 1. The molecule has 0 aliphatic rings. The predicted octanol–water partition coefficient (Wildman–Crippen LogP) is 7.68. The molecule has 4 aromatic heterocycles. The molecule has 12 nitrogen and oxygen atoms in total. The van der Waals surface area contributed by atoms with Crippen LogP contribution in [0, 0.1) is 25.2 Å². The van der Waals surface area contributed by atoms with E-state index in [0.717, 1.165) is 78.7 Å². The van der Waals surface area contributed by atoms with E-state index in [1.165, 1.54) is 13.8 Å². The van der Waals surface area contributed by atoms with Crippen molar-refractivity contribution in [2.24, 2.45) is 0 Å². The number of benzene rings is 4. The number of nitrogens with zero attached hydrogens (tertiary/aromatic N) is 5. The zero-order valence-corrected chi connectivity index (χ0v) is 51.6. The Bertz CT molecular complexity index is 3160. The molecule has 0 aliphatic carbocycles. The molecule has 8 aromatic rings. The Morgan fingerprint density at radius 1 is 0.708 bits per heavy atom. The molecule has 0 saturated heterocycles. The number of hydrogen-bond acceptors (Lipinski definition) is 10. The molecule has 0 fully saturated rings. The molecule has 72 heavy (non-hydrogen) atoms. The topological polar surface area (TPSA) is 156 Å². The van der Waals surface area contributed by atoms with Crippen molar-refractivity contribution in [3.05, 3.63) is 145 Å². The van der Waals surface area contributed by atoms with Crippen LogP contribution in [0.15, 0.2) is 134 Å². The average Bonchev–Trinajstić information content (AvgIpc) is 3.91. The molecule has 1 unspecified atom stereocenters. The smallest absolute Gasteiger partial charge is 1.00 e. The SMILES string of the molecule is CC#N.Cc1cc2ncc(-c3ccc(OC(C)(C)C)cc3)n2cc1-c1ccc(O)cc1.O=CO[O-].[2H]C(C)(C)Br.[2H]C([2H])([2H])C([2H])(C)Oc1ccc(-c2cn3c(-c4ccc(OC(C)(C)C)cc4)cnc3cc2C)cc1.[H-].[K+].[K+]. The van der Waals surface area contributed by atoms with Gasteiger partial charge in [-0.1, -0.05) is 54.0 Å². The summed E-state index contributed by atoms with van der Waals surface area (Å²) in [6, 6.07) is 36.4. The van der Waals surface area contributed by atoms with Crippen molar-refractivity contribution in [3.63, 3.8) is 0 Å². The zero-order chi connectivity index (χ0) is 56.1. The third-order valence-corrected chi connectivity index (χ3v) is 9.51. The van der Waals surface area contributed by atoms with Gasteiger partial charge in [0.2, 0.25) is 0 Å². The first-order valence-electron chi connectivity index (χ1n) is 24.7. The Hall–Kier alpha value is -3.87. The van der Waals surface area contributed by atoms with Gasteiger partial charge in [-0.25, -0.2) is 9.97 Å². The summed E-state index contributed by atoms with van der Waals surface area (Å²) in [5.41, 5.74) is 11.7. The third-order valence-electron chi connectivity index (χ3n) is 9.51. The van der Waals surface area contributed by atoms with Gasteiger partial charge in [0.15, 0.2) is 0 Å². The summed E-state index contributed by atoms with van der Waals surface area (Å²) in [7, 11) is 0. The van der Waals surface area contributed by atoms with E-state index < -0.39 is 17.7 Å². The number of fused-ring (bicyclic) bond motifs is 2. The summed E-state index contributed by atoms with van der Waals surface area (Å²) < 4.78 is 58.8. The maximum Gasteiger partial charge on any atom is 1.00 e. The summed E-state index contributed by atoms with van der Waals surface area (Å²) in [6.45, 7) is 19.8. The van der Waals surface area contributed by atoms with Gasteiger partial charge >= 0.3 is 103 Å². The van der Waals surface area contributed by atoms with Crippen LogP contribution in [-0.2, 0) is 9.68 Å². The number of nitriles is 1. The van der Waals surface area contributed by atoms with Crippen LogP contribution in [0.5, 0.6) is 23.0 Å². The number of carbonyl (C=O) groups excluding carboxylic acids is 1. The largest absolute Gasteiger partial charge is 1.00 e. The van der Waals surface area contributed by atoms with E-state index in [0.29, 0.717) is 5.75 Å². The number of phenolic OH excluding ortho intramolecular Hbond substituents is 1. The van der Waals surface area contributed by atoms with Gasteiger partial charge < -0.3 is 30.9 Å². The summed E-state index contributed by atoms with van der Waals surface area (Å²) >= 11 is 3.04. The molecular weight excluding hydrogens is 1020 g/mol. The molecule has 0 radical (unpaired) electrons. The van der Waals surface area contributed by atoms with Gasteiger partial charge in [-0.2, -0.15) is 5.26 Å². The number of rotatable bonds is 9. The van der Waals surface area contributed by atoms with Gasteiger partial charge in [0, 0.05) is 51.9 Å². The van der Waals surface area contributed by atoms with E-state index in [1.54, 1.807) is 44.2 Å². The van der Waals surface area contributed by atoms with E-state index in [1.807, 2.05) is 128 Å². The number of ether oxygens (including phenoxy) is 3. The number of alkyl halides is 1. The maximum absolute atomic E-state index is 9.57. The van der Waals surface area contributed by atoms with Crippen LogP contribution >= 0.6 is 15.9 Å². The van der Waals surface area contributed by atoms with E-state index >= 15 is 0 Å². The Morgan fingerprint density at radius 2 is 1.03 bits per heavy atom. The van der Waals surface area contributed by atoms with Crippen LogP contribution < -0.4 is 122 Å². The normalized spacial score (nSPS) is 12.7. The van der Waals surface area contributed by atoms with Gasteiger partial charge in [-0.05, 0) is 176 Å². The minimum Gasteiger partial charge on any atom is -1.00 e. The molecule has 1 N–H and O–H groups in total. The Labute approximate surface area is 527 Å². The van der Waals surface area contributed by atoms with Crippen LogP contribution in [-0.4, -0.2) is 52.4 Å². The maximum atomic E-state index is 9.57. The zero-order valence-electron chi connectivity index (χ0n) is 49.8. The second-order valence-electron chi connectivity index (χ2n) is 18.0. The van der Waals surface area contributed by atoms with E-state index in [4.69, 9.17) is 36.4 Å². The van der Waals surface area contributed by atoms with Crippen LogP contribution in [0.2, 0.25) is 0 Å². The molecule has 8 rings (SSSR count). The predicted molar refractivity (Wildman–Crippen MR) is 283 cm³/mol. The molecule has 0 aliphatic heterocycles. The van der Waals surface area contributed by atoms with Crippen LogP contribution in [0.4, 0.5) is 0 Å². The fourth-order valence-electron chi connectivity index (χ4n) is 6.89. The molecule has 15 heteroatoms. The molecule has 0 saturated carbocycles. The van der Waals surface area contributed by atoms with E-state index in [-0.39, 0.29) is 128 Å². The van der Waals surface area contributed by atoms with Gasteiger partial charge in [0.05, 0.1) is 37.3 Å². The third kappa shape index (κ3) is 20.4. The first-order chi connectivity index (χ1) is 34.9. The Kier molecular flexibility index (Phi) is 23.7. The molecule has 4 heterocycles. The minimum atomic E-state index is -2.55. The Balaban J connectivity index is 0.000000634. The van der Waals surface area contributed by atoms with Crippen molar-refractivity contribution in [1.82, 2.24) is 18.8 Å².